The number of likely N-dealkylation sites (tertiary alicyclic amines) is 1. The lowest BCUT2D eigenvalue weighted by Gasteiger charge is -2.30. The van der Waals surface area contributed by atoms with Crippen LogP contribution < -0.4 is 83.1 Å². The van der Waals surface area contributed by atoms with Crippen LogP contribution in [0, 0.1) is 0 Å². The van der Waals surface area contributed by atoms with Gasteiger partial charge in [-0.3, -0.25) is 48.1 Å². The Hall–Kier alpha value is -7.31. The van der Waals surface area contributed by atoms with E-state index in [0.717, 1.165) is 0 Å². The molecule has 76 heavy (non-hydrogen) atoms. The molecule has 0 aliphatic carbocycles. The van der Waals surface area contributed by atoms with E-state index in [2.05, 4.69) is 42.2 Å². The monoisotopic (exact) mass is 1070 g/mol. The number of hydrogen-bond donors (Lipinski definition) is 17. The highest BCUT2D eigenvalue weighted by Gasteiger charge is 2.40. The summed E-state index contributed by atoms with van der Waals surface area (Å²) >= 11 is 0. The molecule has 1 fully saturated rings. The summed E-state index contributed by atoms with van der Waals surface area (Å²) in [6, 6.07) is -3.19. The zero-order valence-corrected chi connectivity index (χ0v) is 42.9. The largest absolute Gasteiger partial charge is 0.477 e. The molecular weight excluding hydrogens is 995 g/mol. The van der Waals surface area contributed by atoms with Crippen LogP contribution >= 0.6 is 0 Å². The Morgan fingerprint density at radius 3 is 1.96 bits per heavy atom. The second-order valence-corrected chi connectivity index (χ2v) is 18.0. The van der Waals surface area contributed by atoms with Gasteiger partial charge in [0, 0.05) is 31.6 Å². The molecule has 1 unspecified atom stereocenters. The van der Waals surface area contributed by atoms with Crippen LogP contribution in [-0.2, 0) is 49.6 Å². The number of nitrogens with zero attached hydrogens (tertiary/aromatic N) is 2. The first kappa shape index (κ1) is 64.8. The summed E-state index contributed by atoms with van der Waals surface area (Å²) in [6.07, 6.45) is 2.45. The van der Waals surface area contributed by atoms with E-state index in [1.165, 1.54) is 42.2 Å². The fraction of sp³-hybridized carbons (Fsp3) is 0.596. The first-order valence-electron chi connectivity index (χ1n) is 25.1. The van der Waals surface area contributed by atoms with E-state index in [0.29, 0.717) is 44.2 Å². The second kappa shape index (κ2) is 34.3. The zero-order valence-electron chi connectivity index (χ0n) is 42.9. The highest BCUT2D eigenvalue weighted by atomic mass is 16.4. The van der Waals surface area contributed by atoms with E-state index in [9.17, 15) is 58.2 Å². The van der Waals surface area contributed by atoms with Gasteiger partial charge in [0.1, 0.15) is 41.9 Å². The number of carbonyl (C=O) groups excluding carboxylic acids is 9. The number of guanidine groups is 1. The van der Waals surface area contributed by atoms with Crippen molar-refractivity contribution in [3.8, 4) is 0 Å². The Labute approximate surface area is 440 Å². The molecule has 2 rings (SSSR count). The lowest BCUT2D eigenvalue weighted by molar-refractivity contribution is -0.142. The van der Waals surface area contributed by atoms with Gasteiger partial charge in [0.25, 0.3) is 0 Å². The minimum Gasteiger partial charge on any atom is -0.477 e. The van der Waals surface area contributed by atoms with Crippen molar-refractivity contribution in [1.29, 1.82) is 0 Å². The molecule has 1 aliphatic rings. The number of rotatable bonds is 35. The van der Waals surface area contributed by atoms with Gasteiger partial charge in [-0.1, -0.05) is 24.6 Å². The number of nitrogens with two attached hydrogens (primary N) is 8. The number of aliphatic hydroxyl groups excluding tert-OH is 1. The number of carbonyl (C=O) groups is 10. The number of carboxylic acid groups (broad SMARTS) is 1. The summed E-state index contributed by atoms with van der Waals surface area (Å²) < 4.78 is 0. The van der Waals surface area contributed by atoms with Crippen molar-refractivity contribution >= 4 is 65.1 Å². The Bertz CT molecular complexity index is 2190. The van der Waals surface area contributed by atoms with Gasteiger partial charge in [-0.2, -0.15) is 0 Å². The fourth-order valence-corrected chi connectivity index (χ4v) is 7.76. The number of aliphatic hydroxyl groups is 1. The molecule has 424 valence electrons. The van der Waals surface area contributed by atoms with Crippen molar-refractivity contribution < 1.29 is 58.2 Å². The first-order valence-corrected chi connectivity index (χ1v) is 25.1. The maximum absolute atomic E-state index is 14.3. The molecule has 29 heteroatoms. The van der Waals surface area contributed by atoms with Gasteiger partial charge in [0.05, 0.1) is 18.7 Å². The van der Waals surface area contributed by atoms with E-state index in [1.807, 2.05) is 0 Å². The molecule has 1 heterocycles. The van der Waals surface area contributed by atoms with Crippen molar-refractivity contribution in [3.05, 3.63) is 47.2 Å². The summed E-state index contributed by atoms with van der Waals surface area (Å²) in [7, 11) is 0. The smallest absolute Gasteiger partial charge is 0.352 e. The van der Waals surface area contributed by atoms with E-state index in [1.54, 1.807) is 0 Å². The maximum Gasteiger partial charge on any atom is 0.352 e. The number of hydrogen-bond acceptors (Lipinski definition) is 17. The summed E-state index contributed by atoms with van der Waals surface area (Å²) in [5.74, 6) is -8.96. The third-order valence-corrected chi connectivity index (χ3v) is 12.0. The Balaban J connectivity index is 2.29. The fourth-order valence-electron chi connectivity index (χ4n) is 7.76. The van der Waals surface area contributed by atoms with Gasteiger partial charge in [0.15, 0.2) is 5.96 Å². The Morgan fingerprint density at radius 2 is 1.37 bits per heavy atom. The standard InChI is InChI=1S/C47H79N17O12/c1-26(58-44(73)37(35(65)24-51)63-40(69)29(52)9-2-4-18-48)39(68)57-25-36(66)59-31(11-6-20-50)45(74)64-22-8-13-34(64)43(72)62-33(23-27-14-16-28(17-15-27)38(53)67)42(71)60-30(10-3-5-19-49)41(70)61-32(46(75)76)12-7-21-56-47(54)55/h12,14-17,26,29-31,33-35,37,65H,2-11,13,18-25,48-52H2,1H3,(H2,53,67)(H,57,68)(H,58,73)(H,59,66)(H,60,71)(H,61,70)(H,62,72)(H,63,69)(H,75,76)(H4,54,55,56)/b32-12-/t26-,29-,30-,31+,33?,34-,35-,37-/m0/s1. The van der Waals surface area contributed by atoms with Crippen LogP contribution in [0.1, 0.15) is 93.5 Å². The van der Waals surface area contributed by atoms with E-state index < -0.39 is 126 Å². The molecule has 1 aromatic carbocycles. The number of benzene rings is 1. The van der Waals surface area contributed by atoms with Crippen LogP contribution in [0.4, 0.5) is 0 Å². The number of primary amides is 1. The maximum atomic E-state index is 14.3. The summed E-state index contributed by atoms with van der Waals surface area (Å²) in [4.78, 5) is 137. The predicted molar refractivity (Wildman–Crippen MR) is 278 cm³/mol. The topological polar surface area (TPSA) is 519 Å². The number of aliphatic carboxylic acids is 1. The summed E-state index contributed by atoms with van der Waals surface area (Å²) in [5, 5.41) is 37.5. The minimum atomic E-state index is -1.58. The lowest BCUT2D eigenvalue weighted by atomic mass is 10.0. The van der Waals surface area contributed by atoms with Crippen molar-refractivity contribution in [2.45, 2.75) is 132 Å². The molecule has 0 aromatic heterocycles. The zero-order chi connectivity index (χ0) is 56.9. The second-order valence-electron chi connectivity index (χ2n) is 18.0. The third kappa shape index (κ3) is 22.7. The molecule has 25 N–H and O–H groups in total. The molecule has 8 atom stereocenters. The van der Waals surface area contributed by atoms with Crippen LogP contribution in [0.5, 0.6) is 0 Å². The van der Waals surface area contributed by atoms with Crippen LogP contribution in [0.3, 0.4) is 0 Å². The van der Waals surface area contributed by atoms with E-state index in [4.69, 9.17) is 45.9 Å². The van der Waals surface area contributed by atoms with Crippen molar-refractivity contribution in [2.75, 3.05) is 45.8 Å². The quantitative estimate of drug-likeness (QED) is 0.0130. The van der Waals surface area contributed by atoms with E-state index >= 15 is 0 Å². The Kier molecular flexibility index (Phi) is 29.2. The van der Waals surface area contributed by atoms with Gasteiger partial charge in [0.2, 0.25) is 53.2 Å². The average molecular weight is 1070 g/mol. The average Bonchev–Trinajstić information content (AvgIpc) is 3.88. The normalized spacial score (nSPS) is 16.0. The first-order chi connectivity index (χ1) is 36.1. The Morgan fingerprint density at radius 1 is 0.737 bits per heavy atom. The van der Waals surface area contributed by atoms with Crippen molar-refractivity contribution in [2.24, 2.45) is 50.9 Å². The van der Waals surface area contributed by atoms with Gasteiger partial charge in [-0.15, -0.1) is 0 Å². The highest BCUT2D eigenvalue weighted by Crippen LogP contribution is 2.21. The number of nitrogens with one attached hydrogen (secondary N) is 7. The molecule has 0 bridgehead atoms. The highest BCUT2D eigenvalue weighted by molar-refractivity contribution is 5.99. The van der Waals surface area contributed by atoms with Crippen molar-refractivity contribution in [3.63, 3.8) is 0 Å². The molecule has 0 spiro atoms. The van der Waals surface area contributed by atoms with Gasteiger partial charge >= 0.3 is 5.97 Å². The van der Waals surface area contributed by atoms with Crippen LogP contribution in [0.15, 0.2) is 41.0 Å². The third-order valence-electron chi connectivity index (χ3n) is 12.0. The summed E-state index contributed by atoms with van der Waals surface area (Å²) in [5.41, 5.74) is 44.6. The van der Waals surface area contributed by atoms with Crippen LogP contribution in [-0.4, -0.2) is 174 Å². The van der Waals surface area contributed by atoms with Gasteiger partial charge < -0.3 is 98.2 Å². The molecule has 1 aliphatic heterocycles. The SMILES string of the molecule is C[C@H](NC(=O)[C@@H](NC(=O)[C@@H](N)CCCCN)[C@@H](O)CN)C(=O)NCC(=O)N[C@H](CCCN)C(=O)N1CCC[C@H]1C(=O)NC(Cc1ccc(C(N)=O)cc1)C(=O)N[C@@H](CCCCN)C(=O)N/C(=C\CCN=C(N)N)C(=O)O. The van der Waals surface area contributed by atoms with Crippen LogP contribution in [0.25, 0.3) is 0 Å². The lowest BCUT2D eigenvalue weighted by Crippen LogP contribution is -2.60. The van der Waals surface area contributed by atoms with E-state index in [-0.39, 0.29) is 82.6 Å². The molecule has 0 radical (unpaired) electrons. The number of unbranched alkanes of at least 4 members (excludes halogenated alkanes) is 2. The molecular formula is C47H79N17O12. The molecule has 29 nitrogen and oxygen atoms in total. The molecule has 0 saturated carbocycles. The predicted octanol–water partition coefficient (Wildman–Crippen LogP) is -6.73. The van der Waals surface area contributed by atoms with Crippen LogP contribution in [0.2, 0.25) is 0 Å². The minimum absolute atomic E-state index is 0.0119. The van der Waals surface area contributed by atoms with Gasteiger partial charge in [-0.25, -0.2) is 4.79 Å². The van der Waals surface area contributed by atoms with Gasteiger partial charge in [-0.05, 0) is 108 Å². The number of aliphatic imine (C=N–C) groups is 1. The van der Waals surface area contributed by atoms with Crippen molar-refractivity contribution in [1.82, 2.24) is 42.1 Å². The molecule has 1 aromatic rings. The summed E-state index contributed by atoms with van der Waals surface area (Å²) in [6.45, 7) is 1.04. The molecule has 1 saturated heterocycles. The number of carboxylic acids is 1. The number of amides is 9. The molecule has 9 amide bonds.